The molecule has 2 aromatic heterocycles. The molecule has 0 fully saturated rings. The maximum Gasteiger partial charge on any atom is 0.264 e. The second-order valence-corrected chi connectivity index (χ2v) is 9.75. The van der Waals surface area contributed by atoms with E-state index in [1.807, 2.05) is 26.1 Å². The zero-order valence-electron chi connectivity index (χ0n) is 18.6. The molecule has 2 aromatic carbocycles. The van der Waals surface area contributed by atoms with Gasteiger partial charge in [0.15, 0.2) is 0 Å². The first-order chi connectivity index (χ1) is 15.4. The highest BCUT2D eigenvalue weighted by molar-refractivity contribution is 7.93. The molecular formula is C22H27N5O3S2. The molecule has 32 heavy (non-hydrogen) atoms. The van der Waals surface area contributed by atoms with Crippen LogP contribution in [0.5, 0.6) is 5.75 Å². The Bertz CT molecular complexity index is 1360. The number of nitrogens with one attached hydrogen (secondary N) is 1. The molecule has 0 radical (unpaired) electrons. The van der Waals surface area contributed by atoms with Crippen LogP contribution in [-0.2, 0) is 17.1 Å². The second-order valence-electron chi connectivity index (χ2n) is 7.57. The number of sulfonamides is 1. The van der Waals surface area contributed by atoms with Gasteiger partial charge in [0, 0.05) is 24.7 Å². The maximum absolute atomic E-state index is 13.1. The standard InChI is InChI=1S/C22H27N5O3S2/c1-5-27(6-2)12-13-30-22-15(3)26(4)19-11-10-16(14-17(19)22)25-32(28,29)20-9-7-8-18-21(20)24-31-23-18/h7-11,14,25H,5-6,12-13H2,1-4H3. The lowest BCUT2D eigenvalue weighted by molar-refractivity contribution is 0.223. The van der Waals surface area contributed by atoms with Crippen molar-refractivity contribution in [2.45, 2.75) is 25.7 Å². The van der Waals surface area contributed by atoms with Gasteiger partial charge in [-0.05, 0) is 50.3 Å². The number of benzene rings is 2. The van der Waals surface area contributed by atoms with Crippen molar-refractivity contribution < 1.29 is 13.2 Å². The molecule has 4 aromatic rings. The molecule has 4 rings (SSSR count). The predicted molar refractivity (Wildman–Crippen MR) is 129 cm³/mol. The fraction of sp³-hybridized carbons (Fsp3) is 0.364. The van der Waals surface area contributed by atoms with Crippen molar-refractivity contribution in [1.29, 1.82) is 0 Å². The quantitative estimate of drug-likeness (QED) is 0.395. The molecule has 0 aliphatic carbocycles. The molecule has 0 unspecified atom stereocenters. The largest absolute Gasteiger partial charge is 0.490 e. The number of likely N-dealkylation sites (N-methyl/N-ethyl adjacent to an activating group) is 1. The Balaban J connectivity index is 1.65. The van der Waals surface area contributed by atoms with Crippen LogP contribution < -0.4 is 9.46 Å². The fourth-order valence-electron chi connectivity index (χ4n) is 3.81. The van der Waals surface area contributed by atoms with Crippen LogP contribution in [0.15, 0.2) is 41.3 Å². The molecule has 0 aliphatic heterocycles. The van der Waals surface area contributed by atoms with Crippen LogP contribution >= 0.6 is 11.7 Å². The van der Waals surface area contributed by atoms with Crippen LogP contribution in [0.25, 0.3) is 21.9 Å². The van der Waals surface area contributed by atoms with Gasteiger partial charge in [0.1, 0.15) is 28.3 Å². The summed E-state index contributed by atoms with van der Waals surface area (Å²) in [6.45, 7) is 9.62. The molecule has 8 nitrogen and oxygen atoms in total. The Kier molecular flexibility index (Phi) is 6.36. The minimum Gasteiger partial charge on any atom is -0.490 e. The Morgan fingerprint density at radius 2 is 1.94 bits per heavy atom. The van der Waals surface area contributed by atoms with E-state index in [-0.39, 0.29) is 4.90 Å². The molecule has 0 spiro atoms. The van der Waals surface area contributed by atoms with Gasteiger partial charge in [-0.1, -0.05) is 19.9 Å². The van der Waals surface area contributed by atoms with E-state index >= 15 is 0 Å². The summed E-state index contributed by atoms with van der Waals surface area (Å²) >= 11 is 0.995. The number of aryl methyl sites for hydroxylation is 1. The Hall–Kier alpha value is -2.69. The van der Waals surface area contributed by atoms with Crippen molar-refractivity contribution >= 4 is 49.4 Å². The number of anilines is 1. The minimum atomic E-state index is -3.83. The average molecular weight is 474 g/mol. The normalized spacial score (nSPS) is 12.2. The second kappa shape index (κ2) is 9.05. The van der Waals surface area contributed by atoms with Gasteiger partial charge in [0.25, 0.3) is 10.0 Å². The van der Waals surface area contributed by atoms with Crippen molar-refractivity contribution in [2.75, 3.05) is 31.0 Å². The van der Waals surface area contributed by atoms with E-state index in [0.29, 0.717) is 23.3 Å². The van der Waals surface area contributed by atoms with Gasteiger partial charge in [-0.15, -0.1) is 0 Å². The topological polar surface area (TPSA) is 89.4 Å². The number of hydrogen-bond donors (Lipinski definition) is 1. The molecular weight excluding hydrogens is 446 g/mol. The molecule has 0 saturated heterocycles. The zero-order valence-corrected chi connectivity index (χ0v) is 20.3. The van der Waals surface area contributed by atoms with Crippen LogP contribution in [-0.4, -0.2) is 52.9 Å². The van der Waals surface area contributed by atoms with Crippen molar-refractivity contribution in [3.63, 3.8) is 0 Å². The summed E-state index contributed by atoms with van der Waals surface area (Å²) in [6, 6.07) is 10.5. The molecule has 0 bridgehead atoms. The molecule has 0 aliphatic rings. The minimum absolute atomic E-state index is 0.115. The highest BCUT2D eigenvalue weighted by Gasteiger charge is 2.21. The van der Waals surface area contributed by atoms with Crippen LogP contribution in [0.1, 0.15) is 19.5 Å². The molecule has 0 atom stereocenters. The number of nitrogens with zero attached hydrogens (tertiary/aromatic N) is 4. The van der Waals surface area contributed by atoms with Gasteiger partial charge in [-0.2, -0.15) is 8.75 Å². The van der Waals surface area contributed by atoms with Gasteiger partial charge in [0.05, 0.1) is 22.9 Å². The number of ether oxygens (including phenoxy) is 1. The van der Waals surface area contributed by atoms with E-state index in [0.717, 1.165) is 53.7 Å². The van der Waals surface area contributed by atoms with Crippen LogP contribution in [0, 0.1) is 6.92 Å². The summed E-state index contributed by atoms with van der Waals surface area (Å²) in [5.41, 5.74) is 3.39. The van der Waals surface area contributed by atoms with Crippen LogP contribution in [0.4, 0.5) is 5.69 Å². The lowest BCUT2D eigenvalue weighted by Gasteiger charge is -2.18. The third kappa shape index (κ3) is 4.17. The molecule has 170 valence electrons. The summed E-state index contributed by atoms with van der Waals surface area (Å²) < 4.78 is 45.4. The summed E-state index contributed by atoms with van der Waals surface area (Å²) in [7, 11) is -1.85. The third-order valence-corrected chi connectivity index (χ3v) is 7.73. The van der Waals surface area contributed by atoms with Gasteiger partial charge in [-0.3, -0.25) is 4.72 Å². The molecule has 0 amide bonds. The van der Waals surface area contributed by atoms with Crippen molar-refractivity contribution in [1.82, 2.24) is 18.2 Å². The highest BCUT2D eigenvalue weighted by atomic mass is 32.2. The van der Waals surface area contributed by atoms with Crippen LogP contribution in [0.3, 0.4) is 0 Å². The number of hydrogen-bond acceptors (Lipinski definition) is 7. The Labute approximate surface area is 192 Å². The van der Waals surface area contributed by atoms with Gasteiger partial charge in [-0.25, -0.2) is 8.42 Å². The lowest BCUT2D eigenvalue weighted by Crippen LogP contribution is -2.27. The lowest BCUT2D eigenvalue weighted by atomic mass is 10.2. The maximum atomic E-state index is 13.1. The van der Waals surface area contributed by atoms with Crippen LogP contribution in [0.2, 0.25) is 0 Å². The van der Waals surface area contributed by atoms with E-state index in [1.54, 1.807) is 24.3 Å². The van der Waals surface area contributed by atoms with Crippen molar-refractivity contribution in [3.8, 4) is 5.75 Å². The Morgan fingerprint density at radius 1 is 1.16 bits per heavy atom. The summed E-state index contributed by atoms with van der Waals surface area (Å²) in [4.78, 5) is 2.41. The first-order valence-electron chi connectivity index (χ1n) is 10.5. The smallest absolute Gasteiger partial charge is 0.264 e. The van der Waals surface area contributed by atoms with E-state index in [2.05, 4.69) is 36.8 Å². The van der Waals surface area contributed by atoms with Gasteiger partial charge >= 0.3 is 0 Å². The molecule has 2 heterocycles. The van der Waals surface area contributed by atoms with Crippen molar-refractivity contribution in [3.05, 3.63) is 42.1 Å². The number of fused-ring (bicyclic) bond motifs is 2. The van der Waals surface area contributed by atoms with E-state index in [9.17, 15) is 8.42 Å². The first kappa shape index (κ1) is 22.5. The van der Waals surface area contributed by atoms with Gasteiger partial charge in [0.2, 0.25) is 0 Å². The van der Waals surface area contributed by atoms with Crippen molar-refractivity contribution in [2.24, 2.45) is 7.05 Å². The SMILES string of the molecule is CCN(CC)CCOc1c(C)n(C)c2ccc(NS(=O)(=O)c3cccc4nsnc34)cc12. The van der Waals surface area contributed by atoms with Gasteiger partial charge < -0.3 is 14.2 Å². The van der Waals surface area contributed by atoms with E-state index < -0.39 is 10.0 Å². The summed E-state index contributed by atoms with van der Waals surface area (Å²) in [6.07, 6.45) is 0. The molecule has 1 N–H and O–H groups in total. The molecule has 0 saturated carbocycles. The summed E-state index contributed by atoms with van der Waals surface area (Å²) in [5.74, 6) is 0.779. The average Bonchev–Trinajstić information content (AvgIpc) is 3.35. The third-order valence-electron chi connectivity index (χ3n) is 5.77. The monoisotopic (exact) mass is 473 g/mol. The number of aromatic nitrogens is 3. The highest BCUT2D eigenvalue weighted by Crippen LogP contribution is 2.34. The number of rotatable bonds is 9. The molecule has 10 heteroatoms. The zero-order chi connectivity index (χ0) is 22.9. The predicted octanol–water partition coefficient (Wildman–Crippen LogP) is 4.01. The first-order valence-corrected chi connectivity index (χ1v) is 12.7. The summed E-state index contributed by atoms with van der Waals surface area (Å²) in [5, 5.41) is 0.873. The Morgan fingerprint density at radius 3 is 2.69 bits per heavy atom. The fourth-order valence-corrected chi connectivity index (χ4v) is 5.63. The van der Waals surface area contributed by atoms with E-state index in [1.165, 1.54) is 0 Å². The van der Waals surface area contributed by atoms with E-state index in [4.69, 9.17) is 4.74 Å².